The fraction of sp³-hybridized carbons (Fsp3) is 0.152. The van der Waals surface area contributed by atoms with Crippen molar-refractivity contribution in [2.45, 2.75) is 24.9 Å². The lowest BCUT2D eigenvalue weighted by Crippen LogP contribution is -2.56. The predicted octanol–water partition coefficient (Wildman–Crippen LogP) is 6.57. The minimum atomic E-state index is -1.48. The van der Waals surface area contributed by atoms with E-state index in [4.69, 9.17) is 4.74 Å². The highest BCUT2D eigenvalue weighted by Crippen LogP contribution is 2.79. The van der Waals surface area contributed by atoms with Gasteiger partial charge in [0, 0.05) is 27.7 Å². The van der Waals surface area contributed by atoms with Crippen molar-refractivity contribution in [1.82, 2.24) is 0 Å². The van der Waals surface area contributed by atoms with Gasteiger partial charge in [-0.05, 0) is 30.5 Å². The Morgan fingerprint density at radius 2 is 1.22 bits per heavy atom. The number of rotatable bonds is 4. The van der Waals surface area contributed by atoms with Crippen LogP contribution in [0.5, 0.6) is 0 Å². The number of ketones is 2. The molecule has 7 rings (SSSR count). The standard InChI is InChI=1S/C33H24O3/c1-21(34)33-27-20-12-11-19-26(27)31(2)25-18-10-9-17-24(25)28(29(36-33)22-13-5-3-6-14-22)32(31,33)30(35)23-15-7-4-8-16-23/h3-20H,1-2H3. The molecule has 4 aromatic carbocycles. The average Bonchev–Trinajstić information content (AvgIpc) is 3.46. The molecule has 0 saturated heterocycles. The van der Waals surface area contributed by atoms with E-state index in [0.717, 1.165) is 33.4 Å². The van der Waals surface area contributed by atoms with E-state index in [9.17, 15) is 4.79 Å². The molecule has 0 radical (unpaired) electrons. The first-order valence-corrected chi connectivity index (χ1v) is 12.3. The summed E-state index contributed by atoms with van der Waals surface area (Å²) in [6.45, 7) is 3.69. The second kappa shape index (κ2) is 6.92. The van der Waals surface area contributed by atoms with Crippen LogP contribution in [0.15, 0.2) is 109 Å². The quantitative estimate of drug-likeness (QED) is 0.318. The Morgan fingerprint density at radius 1 is 0.667 bits per heavy atom. The largest absolute Gasteiger partial charge is 0.472 e. The van der Waals surface area contributed by atoms with E-state index in [1.165, 1.54) is 0 Å². The first-order valence-electron chi connectivity index (χ1n) is 12.3. The van der Waals surface area contributed by atoms with Crippen LogP contribution >= 0.6 is 0 Å². The van der Waals surface area contributed by atoms with Gasteiger partial charge in [-0.15, -0.1) is 0 Å². The normalized spacial score (nSPS) is 26.7. The Balaban J connectivity index is 1.72. The maximum absolute atomic E-state index is 15.1. The lowest BCUT2D eigenvalue weighted by Gasteiger charge is -2.43. The summed E-state index contributed by atoms with van der Waals surface area (Å²) in [5.41, 5.74) is 2.46. The molecule has 0 fully saturated rings. The number of carbonyl (C=O) groups excluding carboxylic acids is 2. The Hall–Kier alpha value is -4.24. The number of fused-ring (bicyclic) bond motifs is 6. The molecule has 0 saturated carbocycles. The zero-order chi connectivity index (χ0) is 24.7. The molecule has 36 heavy (non-hydrogen) atoms. The van der Waals surface area contributed by atoms with Gasteiger partial charge in [0.1, 0.15) is 11.2 Å². The Bertz CT molecular complexity index is 1620. The average molecular weight is 469 g/mol. The Labute approximate surface area is 210 Å². The van der Waals surface area contributed by atoms with Crippen LogP contribution < -0.4 is 0 Å². The molecule has 3 aliphatic rings. The third kappa shape index (κ3) is 2.08. The lowest BCUT2D eigenvalue weighted by molar-refractivity contribution is -0.141. The molecule has 174 valence electrons. The number of hydrogen-bond acceptors (Lipinski definition) is 3. The molecule has 3 heteroatoms. The van der Waals surface area contributed by atoms with Crippen LogP contribution in [0.3, 0.4) is 0 Å². The molecule has 3 unspecified atom stereocenters. The summed E-state index contributed by atoms with van der Waals surface area (Å²) in [6, 6.07) is 35.3. The van der Waals surface area contributed by atoms with Crippen LogP contribution in [0, 0.1) is 5.41 Å². The molecule has 1 heterocycles. The molecule has 3 atom stereocenters. The van der Waals surface area contributed by atoms with E-state index in [1.807, 2.05) is 91.0 Å². The summed E-state index contributed by atoms with van der Waals surface area (Å²) < 4.78 is 6.96. The van der Waals surface area contributed by atoms with Gasteiger partial charge < -0.3 is 4.74 Å². The molecule has 0 bridgehead atoms. The van der Waals surface area contributed by atoms with Crippen molar-refractivity contribution >= 4 is 22.9 Å². The molecule has 1 aliphatic heterocycles. The molecule has 0 amide bonds. The SMILES string of the molecule is CC(=O)C12OC(c3ccccc3)=C3c4ccccc4C(C)(c4ccccc41)C32C(=O)c1ccccc1. The molecule has 3 nitrogen and oxygen atoms in total. The maximum atomic E-state index is 15.1. The van der Waals surface area contributed by atoms with Gasteiger partial charge in [-0.25, -0.2) is 0 Å². The minimum absolute atomic E-state index is 0.0888. The van der Waals surface area contributed by atoms with E-state index in [0.29, 0.717) is 11.3 Å². The summed E-state index contributed by atoms with van der Waals surface area (Å²) in [4.78, 5) is 29.1. The van der Waals surface area contributed by atoms with Crippen molar-refractivity contribution in [1.29, 1.82) is 0 Å². The van der Waals surface area contributed by atoms with Crippen molar-refractivity contribution < 1.29 is 14.3 Å². The van der Waals surface area contributed by atoms with Crippen LogP contribution in [0.25, 0.3) is 11.3 Å². The second-order valence-corrected chi connectivity index (χ2v) is 10.1. The van der Waals surface area contributed by atoms with Crippen molar-refractivity contribution in [2.24, 2.45) is 5.41 Å². The van der Waals surface area contributed by atoms with E-state index in [1.54, 1.807) is 6.92 Å². The Kier molecular flexibility index (Phi) is 4.05. The van der Waals surface area contributed by atoms with Gasteiger partial charge >= 0.3 is 0 Å². The zero-order valence-corrected chi connectivity index (χ0v) is 20.1. The molecular weight excluding hydrogens is 444 g/mol. The molecule has 4 aromatic rings. The van der Waals surface area contributed by atoms with Gasteiger partial charge in [0.25, 0.3) is 0 Å². The molecular formula is C33H24O3. The maximum Gasteiger partial charge on any atom is 0.210 e. The van der Waals surface area contributed by atoms with Gasteiger partial charge in [0.2, 0.25) is 5.60 Å². The van der Waals surface area contributed by atoms with Gasteiger partial charge in [0.05, 0.1) is 0 Å². The molecule has 0 spiro atoms. The van der Waals surface area contributed by atoms with Crippen LogP contribution in [0.1, 0.15) is 52.0 Å². The molecule has 2 aliphatic carbocycles. The summed E-state index contributed by atoms with van der Waals surface area (Å²) in [5.74, 6) is 0.356. The highest BCUT2D eigenvalue weighted by molar-refractivity contribution is 6.23. The van der Waals surface area contributed by atoms with Crippen molar-refractivity contribution in [2.75, 3.05) is 0 Å². The zero-order valence-electron chi connectivity index (χ0n) is 20.1. The number of benzene rings is 4. The molecule has 0 N–H and O–H groups in total. The smallest absolute Gasteiger partial charge is 0.210 e. The van der Waals surface area contributed by atoms with Crippen LogP contribution in [0.4, 0.5) is 0 Å². The third-order valence-corrected chi connectivity index (χ3v) is 8.62. The second-order valence-electron chi connectivity index (χ2n) is 10.1. The van der Waals surface area contributed by atoms with Gasteiger partial charge in [-0.3, -0.25) is 9.59 Å². The van der Waals surface area contributed by atoms with Gasteiger partial charge in [-0.1, -0.05) is 109 Å². The van der Waals surface area contributed by atoms with E-state index >= 15 is 4.79 Å². The van der Waals surface area contributed by atoms with Crippen LogP contribution in [0.2, 0.25) is 0 Å². The van der Waals surface area contributed by atoms with E-state index in [2.05, 4.69) is 25.1 Å². The topological polar surface area (TPSA) is 43.4 Å². The number of Topliss-reactive ketones (excluding diaryl/α,β-unsaturated/α-hetero) is 2. The fourth-order valence-electron chi connectivity index (χ4n) is 7.35. The summed E-state index contributed by atoms with van der Waals surface area (Å²) >= 11 is 0. The lowest BCUT2D eigenvalue weighted by atomic mass is 9.55. The van der Waals surface area contributed by atoms with Crippen molar-refractivity contribution in [3.63, 3.8) is 0 Å². The first-order chi connectivity index (χ1) is 17.5. The fourth-order valence-corrected chi connectivity index (χ4v) is 7.35. The number of hydrogen-bond donors (Lipinski definition) is 0. The monoisotopic (exact) mass is 468 g/mol. The first kappa shape index (κ1) is 21.1. The summed E-state index contributed by atoms with van der Waals surface area (Å²) in [7, 11) is 0. The highest BCUT2D eigenvalue weighted by Gasteiger charge is 2.83. The van der Waals surface area contributed by atoms with Crippen LogP contribution in [-0.2, 0) is 20.5 Å². The van der Waals surface area contributed by atoms with Gasteiger partial charge in [0.15, 0.2) is 11.6 Å². The predicted molar refractivity (Wildman–Crippen MR) is 139 cm³/mol. The highest BCUT2D eigenvalue weighted by atomic mass is 16.5. The van der Waals surface area contributed by atoms with E-state index in [-0.39, 0.29) is 11.6 Å². The number of ether oxygens (including phenoxy) is 1. The van der Waals surface area contributed by atoms with Crippen molar-refractivity contribution in [3.8, 4) is 0 Å². The van der Waals surface area contributed by atoms with Crippen LogP contribution in [-0.4, -0.2) is 11.6 Å². The van der Waals surface area contributed by atoms with E-state index < -0.39 is 16.4 Å². The number of carbonyl (C=O) groups is 2. The summed E-state index contributed by atoms with van der Waals surface area (Å²) in [5, 5.41) is 0. The summed E-state index contributed by atoms with van der Waals surface area (Å²) in [6.07, 6.45) is 0. The van der Waals surface area contributed by atoms with Crippen molar-refractivity contribution in [3.05, 3.63) is 143 Å². The van der Waals surface area contributed by atoms with Gasteiger partial charge in [-0.2, -0.15) is 0 Å². The third-order valence-electron chi connectivity index (χ3n) is 8.62. The Morgan fingerprint density at radius 3 is 1.89 bits per heavy atom. The molecule has 0 aromatic heterocycles. The minimum Gasteiger partial charge on any atom is -0.472 e.